The minimum Gasteiger partial charge on any atom is -0.0999 e. The standard InChI is InChI=1S/C22H44.C14H28/c1-4-6-8-10-12-13-14-15-17-19-21-22(3)20-18-16-11-9-7-5-2;1-4-6-8-10-12-14(3)13-11-9-7-5-2/h3-21H2,1-2H3;3-13H2,1-2H3. The largest absolute Gasteiger partial charge is 0.0999 e. The molecule has 0 spiro atoms. The van der Waals surface area contributed by atoms with Crippen LogP contribution in [0.4, 0.5) is 0 Å². The van der Waals surface area contributed by atoms with Crippen LogP contribution in [-0.4, -0.2) is 0 Å². The van der Waals surface area contributed by atoms with Crippen LogP contribution >= 0.6 is 0 Å². The van der Waals surface area contributed by atoms with E-state index < -0.39 is 0 Å². The lowest BCUT2D eigenvalue weighted by atomic mass is 10.0. The highest BCUT2D eigenvalue weighted by Gasteiger charge is 1.98. The summed E-state index contributed by atoms with van der Waals surface area (Å²) in [5.74, 6) is 0. The molecule has 0 atom stereocenters. The summed E-state index contributed by atoms with van der Waals surface area (Å²) in [5.41, 5.74) is 2.99. The van der Waals surface area contributed by atoms with Gasteiger partial charge >= 0.3 is 0 Å². The molecule has 0 heterocycles. The monoisotopic (exact) mass is 505 g/mol. The first-order chi connectivity index (χ1) is 17.6. The van der Waals surface area contributed by atoms with E-state index in [1.165, 1.54) is 191 Å². The van der Waals surface area contributed by atoms with Gasteiger partial charge in [-0.2, -0.15) is 0 Å². The predicted molar refractivity (Wildman–Crippen MR) is 170 cm³/mol. The Kier molecular flexibility index (Phi) is 36.0. The first-order valence-corrected chi connectivity index (χ1v) is 16.9. The summed E-state index contributed by atoms with van der Waals surface area (Å²) in [6.07, 6.45) is 38.8. The molecule has 216 valence electrons. The molecule has 0 saturated heterocycles. The molecule has 0 aromatic rings. The number of allylic oxidation sites excluding steroid dienone is 2. The van der Waals surface area contributed by atoms with Crippen LogP contribution in [0.2, 0.25) is 0 Å². The molecule has 0 unspecified atom stereocenters. The summed E-state index contributed by atoms with van der Waals surface area (Å²) >= 11 is 0. The van der Waals surface area contributed by atoms with Crippen LogP contribution in [0.3, 0.4) is 0 Å². The summed E-state index contributed by atoms with van der Waals surface area (Å²) < 4.78 is 0. The van der Waals surface area contributed by atoms with Crippen molar-refractivity contribution in [3.8, 4) is 0 Å². The van der Waals surface area contributed by atoms with Crippen molar-refractivity contribution in [2.45, 2.75) is 207 Å². The zero-order valence-corrected chi connectivity index (χ0v) is 26.2. The summed E-state index contributed by atoms with van der Waals surface area (Å²) in [6, 6.07) is 0. The van der Waals surface area contributed by atoms with Crippen LogP contribution in [-0.2, 0) is 0 Å². The highest BCUT2D eigenvalue weighted by atomic mass is 14.0. The van der Waals surface area contributed by atoms with E-state index in [1.807, 2.05) is 0 Å². The van der Waals surface area contributed by atoms with Crippen molar-refractivity contribution < 1.29 is 0 Å². The van der Waals surface area contributed by atoms with E-state index in [1.54, 1.807) is 0 Å². The van der Waals surface area contributed by atoms with E-state index in [-0.39, 0.29) is 0 Å². The van der Waals surface area contributed by atoms with Gasteiger partial charge in [0.2, 0.25) is 0 Å². The lowest BCUT2D eigenvalue weighted by Crippen LogP contribution is -1.86. The summed E-state index contributed by atoms with van der Waals surface area (Å²) in [6.45, 7) is 17.5. The van der Waals surface area contributed by atoms with E-state index in [9.17, 15) is 0 Å². The molecule has 0 fully saturated rings. The molecular weight excluding hydrogens is 432 g/mol. The van der Waals surface area contributed by atoms with Crippen molar-refractivity contribution in [2.24, 2.45) is 0 Å². The van der Waals surface area contributed by atoms with Crippen molar-refractivity contribution in [2.75, 3.05) is 0 Å². The third-order valence-corrected chi connectivity index (χ3v) is 7.54. The smallest absolute Gasteiger partial charge is 0.0323 e. The maximum atomic E-state index is 4.26. The van der Waals surface area contributed by atoms with Crippen LogP contribution in [0.1, 0.15) is 207 Å². The second-order valence-corrected chi connectivity index (χ2v) is 11.6. The molecule has 0 N–H and O–H groups in total. The third kappa shape index (κ3) is 35.6. The summed E-state index contributed by atoms with van der Waals surface area (Å²) in [5, 5.41) is 0. The molecule has 0 aliphatic rings. The topological polar surface area (TPSA) is 0 Å². The van der Waals surface area contributed by atoms with Gasteiger partial charge in [0, 0.05) is 0 Å². The van der Waals surface area contributed by atoms with E-state index >= 15 is 0 Å². The van der Waals surface area contributed by atoms with Gasteiger partial charge in [0.25, 0.3) is 0 Å². The average molecular weight is 505 g/mol. The Morgan fingerprint density at radius 3 is 0.667 bits per heavy atom. The van der Waals surface area contributed by atoms with Crippen LogP contribution < -0.4 is 0 Å². The molecule has 0 nitrogen and oxygen atoms in total. The molecule has 0 aliphatic carbocycles. The molecule has 0 amide bonds. The van der Waals surface area contributed by atoms with Gasteiger partial charge in [0.05, 0.1) is 0 Å². The van der Waals surface area contributed by atoms with Gasteiger partial charge in [-0.3, -0.25) is 0 Å². The average Bonchev–Trinajstić information content (AvgIpc) is 2.88. The van der Waals surface area contributed by atoms with Crippen molar-refractivity contribution >= 4 is 0 Å². The Hall–Kier alpha value is -0.520. The van der Waals surface area contributed by atoms with Gasteiger partial charge < -0.3 is 0 Å². The Morgan fingerprint density at radius 1 is 0.278 bits per heavy atom. The maximum Gasteiger partial charge on any atom is -0.0323 e. The van der Waals surface area contributed by atoms with E-state index in [0.29, 0.717) is 0 Å². The van der Waals surface area contributed by atoms with Gasteiger partial charge in [0.15, 0.2) is 0 Å². The Balaban J connectivity index is 0. The quantitative estimate of drug-likeness (QED) is 0.0733. The summed E-state index contributed by atoms with van der Waals surface area (Å²) in [7, 11) is 0. The fraction of sp³-hybridized carbons (Fsp3) is 0.889. The van der Waals surface area contributed by atoms with Crippen molar-refractivity contribution in [1.82, 2.24) is 0 Å². The van der Waals surface area contributed by atoms with E-state index in [0.717, 1.165) is 0 Å². The first kappa shape index (κ1) is 37.6. The van der Waals surface area contributed by atoms with Gasteiger partial charge in [-0.05, 0) is 51.4 Å². The molecule has 0 saturated carbocycles. The fourth-order valence-corrected chi connectivity index (χ4v) is 4.87. The number of hydrogen-bond donors (Lipinski definition) is 0. The minimum atomic E-state index is 1.27. The third-order valence-electron chi connectivity index (χ3n) is 7.54. The highest BCUT2D eigenvalue weighted by molar-refractivity contribution is 4.94. The lowest BCUT2D eigenvalue weighted by molar-refractivity contribution is 0.552. The molecule has 0 rings (SSSR count). The van der Waals surface area contributed by atoms with E-state index in [2.05, 4.69) is 40.9 Å². The van der Waals surface area contributed by atoms with Crippen LogP contribution in [0.25, 0.3) is 0 Å². The highest BCUT2D eigenvalue weighted by Crippen LogP contribution is 2.18. The lowest BCUT2D eigenvalue weighted by Gasteiger charge is -2.06. The first-order valence-electron chi connectivity index (χ1n) is 16.9. The molecule has 0 heteroatoms. The number of rotatable bonds is 28. The molecule has 0 aliphatic heterocycles. The summed E-state index contributed by atoms with van der Waals surface area (Å²) in [4.78, 5) is 0. The van der Waals surface area contributed by atoms with Crippen molar-refractivity contribution in [3.63, 3.8) is 0 Å². The minimum absolute atomic E-state index is 1.27. The van der Waals surface area contributed by atoms with Gasteiger partial charge in [-0.25, -0.2) is 0 Å². The molecule has 0 aromatic carbocycles. The zero-order chi connectivity index (χ0) is 27.0. The van der Waals surface area contributed by atoms with E-state index in [4.69, 9.17) is 0 Å². The SMILES string of the molecule is C=C(CCCCCC)CCCCCC.C=C(CCCCCCCC)CCCCCCCCCCCC. The Labute approximate surface area is 231 Å². The van der Waals surface area contributed by atoms with Crippen LogP contribution in [0, 0.1) is 0 Å². The maximum absolute atomic E-state index is 4.26. The van der Waals surface area contributed by atoms with Crippen molar-refractivity contribution in [1.29, 1.82) is 0 Å². The van der Waals surface area contributed by atoms with Crippen molar-refractivity contribution in [3.05, 3.63) is 24.3 Å². The normalized spacial score (nSPS) is 10.8. The zero-order valence-electron chi connectivity index (χ0n) is 26.2. The Bertz CT molecular complexity index is 404. The van der Waals surface area contributed by atoms with Crippen LogP contribution in [0.5, 0.6) is 0 Å². The van der Waals surface area contributed by atoms with Gasteiger partial charge in [0.1, 0.15) is 0 Å². The van der Waals surface area contributed by atoms with Gasteiger partial charge in [-0.15, -0.1) is 0 Å². The number of hydrogen-bond acceptors (Lipinski definition) is 0. The second kappa shape index (κ2) is 34.5. The molecule has 36 heavy (non-hydrogen) atoms. The predicted octanol–water partition coefficient (Wildman–Crippen LogP) is 14.1. The Morgan fingerprint density at radius 2 is 0.444 bits per heavy atom. The van der Waals surface area contributed by atoms with Crippen LogP contribution in [0.15, 0.2) is 24.3 Å². The van der Waals surface area contributed by atoms with Gasteiger partial charge in [-0.1, -0.05) is 180 Å². The molecule has 0 radical (unpaired) electrons. The molecular formula is C36H72. The second-order valence-electron chi connectivity index (χ2n) is 11.6. The number of unbranched alkanes of at least 4 members (excludes halogenated alkanes) is 20. The molecule has 0 aromatic heterocycles. The molecule has 0 bridgehead atoms. The fourth-order valence-electron chi connectivity index (χ4n) is 4.87.